The van der Waals surface area contributed by atoms with Crippen LogP contribution in [0.3, 0.4) is 0 Å². The predicted molar refractivity (Wildman–Crippen MR) is 73.7 cm³/mol. The van der Waals surface area contributed by atoms with Crippen LogP contribution in [0.2, 0.25) is 0 Å². The van der Waals surface area contributed by atoms with Crippen molar-refractivity contribution in [2.24, 2.45) is 0 Å². The fourth-order valence-electron chi connectivity index (χ4n) is 2.80. The lowest BCUT2D eigenvalue weighted by atomic mass is 10.1. The molecule has 4 nitrogen and oxygen atoms in total. The summed E-state index contributed by atoms with van der Waals surface area (Å²) in [6.45, 7) is 1.26. The summed E-state index contributed by atoms with van der Waals surface area (Å²) in [5, 5.41) is 13.3. The highest BCUT2D eigenvalue weighted by Gasteiger charge is 2.34. The molecule has 0 radical (unpaired) electrons. The Balaban J connectivity index is 1.82. The monoisotopic (exact) mass is 329 g/mol. The lowest BCUT2D eigenvalue weighted by Crippen LogP contribution is -2.34. The minimum Gasteiger partial charge on any atom is -0.390 e. The number of aliphatic hydroxyl groups is 1. The number of alkyl halides is 3. The molecule has 0 amide bonds. The Kier molecular flexibility index (Phi) is 4.11. The Hall–Kier alpha value is -1.93. The summed E-state index contributed by atoms with van der Waals surface area (Å²) in [5.74, 6) is -0.683. The molecule has 124 valence electrons. The summed E-state index contributed by atoms with van der Waals surface area (Å²) in [6, 6.07) is 4.27. The Labute approximate surface area is 129 Å². The van der Waals surface area contributed by atoms with E-state index in [1.807, 2.05) is 4.90 Å². The fourth-order valence-corrected chi connectivity index (χ4v) is 2.80. The number of rotatable bonds is 3. The molecular formula is C15H15F4N3O. The molecular weight excluding hydrogens is 314 g/mol. The first kappa shape index (κ1) is 15.9. The molecule has 0 unspecified atom stereocenters. The predicted octanol–water partition coefficient (Wildman–Crippen LogP) is 2.55. The Morgan fingerprint density at radius 1 is 1.17 bits per heavy atom. The zero-order valence-electron chi connectivity index (χ0n) is 12.1. The molecule has 1 aliphatic heterocycles. The molecule has 8 heteroatoms. The van der Waals surface area contributed by atoms with Gasteiger partial charge in [0.2, 0.25) is 0 Å². The first-order chi connectivity index (χ1) is 10.9. The smallest absolute Gasteiger partial charge is 0.390 e. The van der Waals surface area contributed by atoms with Crippen LogP contribution in [-0.2, 0) is 32.4 Å². The molecule has 23 heavy (non-hydrogen) atoms. The van der Waals surface area contributed by atoms with E-state index in [9.17, 15) is 17.6 Å². The van der Waals surface area contributed by atoms with Crippen LogP contribution in [-0.4, -0.2) is 26.3 Å². The topological polar surface area (TPSA) is 41.3 Å². The van der Waals surface area contributed by atoms with Gasteiger partial charge in [-0.25, -0.2) is 4.39 Å². The molecule has 0 bridgehead atoms. The molecule has 1 aliphatic rings. The number of fused-ring (bicyclic) bond motifs is 1. The molecule has 2 aromatic rings. The van der Waals surface area contributed by atoms with Crippen LogP contribution < -0.4 is 0 Å². The number of nitrogens with zero attached hydrogens (tertiary/aromatic N) is 3. The van der Waals surface area contributed by atoms with Crippen molar-refractivity contribution in [3.8, 4) is 0 Å². The third-order valence-electron chi connectivity index (χ3n) is 3.86. The van der Waals surface area contributed by atoms with Gasteiger partial charge in [0.15, 0.2) is 0 Å². The number of hydrogen-bond acceptors (Lipinski definition) is 3. The van der Waals surface area contributed by atoms with Gasteiger partial charge in [-0.1, -0.05) is 0 Å². The van der Waals surface area contributed by atoms with E-state index in [4.69, 9.17) is 5.11 Å². The van der Waals surface area contributed by atoms with Crippen molar-refractivity contribution in [1.82, 2.24) is 14.7 Å². The van der Waals surface area contributed by atoms with E-state index in [1.54, 1.807) is 10.7 Å². The highest BCUT2D eigenvalue weighted by Crippen LogP contribution is 2.33. The van der Waals surface area contributed by atoms with Gasteiger partial charge in [0.1, 0.15) is 5.82 Å². The van der Waals surface area contributed by atoms with Gasteiger partial charge in [0, 0.05) is 19.6 Å². The molecule has 3 rings (SSSR count). The zero-order chi connectivity index (χ0) is 16.6. The molecule has 0 atom stereocenters. The molecule has 2 heterocycles. The van der Waals surface area contributed by atoms with E-state index in [2.05, 4.69) is 5.10 Å². The standard InChI is InChI=1S/C15H15F4N3O/c16-11-1-2-14(15(17,18)19)10(5-11)7-21-3-4-22-13(8-21)6-12(9-23)20-22/h1-2,5-6,23H,3-4,7-9H2. The van der Waals surface area contributed by atoms with Gasteiger partial charge >= 0.3 is 6.18 Å². The quantitative estimate of drug-likeness (QED) is 0.880. The second kappa shape index (κ2) is 5.93. The van der Waals surface area contributed by atoms with E-state index < -0.39 is 17.6 Å². The van der Waals surface area contributed by atoms with Crippen molar-refractivity contribution >= 4 is 0 Å². The maximum absolute atomic E-state index is 13.3. The Bertz CT molecular complexity index is 711. The largest absolute Gasteiger partial charge is 0.416 e. The summed E-state index contributed by atoms with van der Waals surface area (Å²) in [6.07, 6.45) is -4.51. The SMILES string of the molecule is OCc1cc2n(n1)CCN(Cc1cc(F)ccc1C(F)(F)F)C2. The van der Waals surface area contributed by atoms with Crippen molar-refractivity contribution < 1.29 is 22.7 Å². The average Bonchev–Trinajstić information content (AvgIpc) is 2.88. The summed E-state index contributed by atoms with van der Waals surface area (Å²) in [4.78, 5) is 1.81. The van der Waals surface area contributed by atoms with E-state index in [-0.39, 0.29) is 18.7 Å². The van der Waals surface area contributed by atoms with Gasteiger partial charge in [-0.2, -0.15) is 18.3 Å². The first-order valence-electron chi connectivity index (χ1n) is 7.11. The van der Waals surface area contributed by atoms with Gasteiger partial charge in [-0.05, 0) is 29.8 Å². The van der Waals surface area contributed by atoms with Gasteiger partial charge < -0.3 is 5.11 Å². The second-order valence-corrected chi connectivity index (χ2v) is 5.52. The maximum Gasteiger partial charge on any atom is 0.416 e. The van der Waals surface area contributed by atoms with Crippen molar-refractivity contribution in [3.63, 3.8) is 0 Å². The van der Waals surface area contributed by atoms with Crippen LogP contribution in [0, 0.1) is 5.82 Å². The third-order valence-corrected chi connectivity index (χ3v) is 3.86. The Morgan fingerprint density at radius 3 is 2.65 bits per heavy atom. The molecule has 0 saturated carbocycles. The van der Waals surface area contributed by atoms with E-state index in [0.29, 0.717) is 25.3 Å². The maximum atomic E-state index is 13.3. The number of hydrogen-bond donors (Lipinski definition) is 1. The van der Waals surface area contributed by atoms with Crippen molar-refractivity contribution in [3.05, 3.63) is 52.6 Å². The normalized spacial score (nSPS) is 15.7. The highest BCUT2D eigenvalue weighted by atomic mass is 19.4. The number of aliphatic hydroxyl groups excluding tert-OH is 1. The van der Waals surface area contributed by atoms with Crippen LogP contribution >= 0.6 is 0 Å². The van der Waals surface area contributed by atoms with E-state index in [0.717, 1.165) is 23.9 Å². The number of aromatic nitrogens is 2. The van der Waals surface area contributed by atoms with Crippen molar-refractivity contribution in [2.45, 2.75) is 32.4 Å². The third kappa shape index (κ3) is 3.37. The van der Waals surface area contributed by atoms with Crippen LogP contribution in [0.4, 0.5) is 17.6 Å². The molecule has 1 N–H and O–H groups in total. The summed E-state index contributed by atoms with van der Waals surface area (Å²) in [5.41, 5.74) is 0.468. The number of benzene rings is 1. The van der Waals surface area contributed by atoms with Crippen molar-refractivity contribution in [1.29, 1.82) is 0 Å². The lowest BCUT2D eigenvalue weighted by molar-refractivity contribution is -0.138. The minimum absolute atomic E-state index is 0.00619. The van der Waals surface area contributed by atoms with Gasteiger partial charge in [0.05, 0.1) is 30.1 Å². The van der Waals surface area contributed by atoms with E-state index >= 15 is 0 Å². The first-order valence-corrected chi connectivity index (χ1v) is 7.11. The number of halogens is 4. The van der Waals surface area contributed by atoms with Gasteiger partial charge in [0.25, 0.3) is 0 Å². The molecule has 1 aromatic carbocycles. The summed E-state index contributed by atoms with van der Waals surface area (Å²) < 4.78 is 54.2. The summed E-state index contributed by atoms with van der Waals surface area (Å²) >= 11 is 0. The minimum atomic E-state index is -4.51. The molecule has 0 aliphatic carbocycles. The van der Waals surface area contributed by atoms with Crippen LogP contribution in [0.15, 0.2) is 24.3 Å². The van der Waals surface area contributed by atoms with Crippen LogP contribution in [0.5, 0.6) is 0 Å². The summed E-state index contributed by atoms with van der Waals surface area (Å²) in [7, 11) is 0. The van der Waals surface area contributed by atoms with E-state index in [1.165, 1.54) is 0 Å². The fraction of sp³-hybridized carbons (Fsp3) is 0.400. The Morgan fingerprint density at radius 2 is 1.96 bits per heavy atom. The molecule has 0 fully saturated rings. The van der Waals surface area contributed by atoms with Gasteiger partial charge in [-0.15, -0.1) is 0 Å². The van der Waals surface area contributed by atoms with Crippen LogP contribution in [0.1, 0.15) is 22.5 Å². The van der Waals surface area contributed by atoms with Crippen LogP contribution in [0.25, 0.3) is 0 Å². The molecule has 0 spiro atoms. The lowest BCUT2D eigenvalue weighted by Gasteiger charge is -2.28. The zero-order valence-corrected chi connectivity index (χ0v) is 12.1. The average molecular weight is 329 g/mol. The second-order valence-electron chi connectivity index (χ2n) is 5.52. The molecule has 0 saturated heterocycles. The van der Waals surface area contributed by atoms with Crippen molar-refractivity contribution in [2.75, 3.05) is 6.54 Å². The highest BCUT2D eigenvalue weighted by molar-refractivity contribution is 5.30. The molecule has 1 aromatic heterocycles. The van der Waals surface area contributed by atoms with Gasteiger partial charge in [-0.3, -0.25) is 9.58 Å².